The van der Waals surface area contributed by atoms with Crippen LogP contribution in [-0.4, -0.2) is 9.97 Å². The van der Waals surface area contributed by atoms with Crippen LogP contribution in [0.5, 0.6) is 0 Å². The Morgan fingerprint density at radius 2 is 2.10 bits per heavy atom. The lowest BCUT2D eigenvalue weighted by molar-refractivity contribution is 0.234. The number of nitrogens with zero attached hydrogens (tertiary/aromatic N) is 2. The molecule has 0 unspecified atom stereocenters. The van der Waals surface area contributed by atoms with E-state index >= 15 is 0 Å². The van der Waals surface area contributed by atoms with Gasteiger partial charge in [0.1, 0.15) is 6.61 Å². The number of ether oxygens (including phenoxy) is 1. The van der Waals surface area contributed by atoms with Gasteiger partial charge in [-0.2, -0.15) is 0 Å². The summed E-state index contributed by atoms with van der Waals surface area (Å²) >= 11 is 1.82. The van der Waals surface area contributed by atoms with Gasteiger partial charge in [-0.1, -0.05) is 6.07 Å². The second-order valence-electron chi connectivity index (χ2n) is 4.35. The summed E-state index contributed by atoms with van der Waals surface area (Å²) in [5.74, 6) is 1.07. The Labute approximate surface area is 122 Å². The molecule has 0 aliphatic carbocycles. The third kappa shape index (κ3) is 3.08. The predicted octanol–water partition coefficient (Wildman–Crippen LogP) is 3.88. The molecule has 2 aromatic heterocycles. The molecule has 4 heterocycles. The first-order chi connectivity index (χ1) is 9.93. The first kappa shape index (κ1) is 12.9. The molecule has 0 fully saturated rings. The second-order valence-corrected chi connectivity index (χ2v) is 5.24. The highest BCUT2D eigenvalue weighted by atomic mass is 32.2. The van der Waals surface area contributed by atoms with Gasteiger partial charge in [0, 0.05) is 29.9 Å². The highest BCUT2D eigenvalue weighted by molar-refractivity contribution is 8.01. The van der Waals surface area contributed by atoms with Crippen LogP contribution in [0.4, 0.5) is 0 Å². The number of hydrogen-bond acceptors (Lipinski definition) is 4. The van der Waals surface area contributed by atoms with E-state index in [-0.39, 0.29) is 0 Å². The van der Waals surface area contributed by atoms with Gasteiger partial charge < -0.3 is 4.74 Å². The highest BCUT2D eigenvalue weighted by Gasteiger charge is 2.03. The number of fused-ring (bicyclic) bond motifs is 2. The molecule has 0 amide bonds. The number of thioether (sulfide) groups is 1. The van der Waals surface area contributed by atoms with Crippen LogP contribution in [-0.2, 0) is 17.1 Å². The van der Waals surface area contributed by atoms with Crippen molar-refractivity contribution in [1.82, 2.24) is 9.97 Å². The molecule has 20 heavy (non-hydrogen) atoms. The zero-order valence-corrected chi connectivity index (χ0v) is 11.7. The Morgan fingerprint density at radius 3 is 3.00 bits per heavy atom. The predicted molar refractivity (Wildman–Crippen MR) is 82.6 cm³/mol. The highest BCUT2D eigenvalue weighted by Crippen LogP contribution is 2.22. The van der Waals surface area contributed by atoms with E-state index in [0.717, 1.165) is 17.0 Å². The fourth-order valence-corrected chi connectivity index (χ4v) is 2.70. The molecule has 0 spiro atoms. The quantitative estimate of drug-likeness (QED) is 0.734. The van der Waals surface area contributed by atoms with Crippen LogP contribution in [0.3, 0.4) is 0 Å². The minimum Gasteiger partial charge on any atom is -0.496 e. The minimum atomic E-state index is 0.652. The van der Waals surface area contributed by atoms with E-state index in [1.165, 1.54) is 11.1 Å². The van der Waals surface area contributed by atoms with Crippen LogP contribution >= 0.6 is 11.8 Å². The summed E-state index contributed by atoms with van der Waals surface area (Å²) in [6.45, 7) is 0.652. The van der Waals surface area contributed by atoms with Crippen molar-refractivity contribution in [3.63, 3.8) is 0 Å². The molecule has 4 heteroatoms. The van der Waals surface area contributed by atoms with Crippen molar-refractivity contribution < 1.29 is 4.74 Å². The van der Waals surface area contributed by atoms with Gasteiger partial charge in [0.15, 0.2) is 0 Å². The standard InChI is InChI=1S/C8H7NO.C8H7NS/c1-3-9-5-8-6-10-4-2-7(1)8;1-2-7-6-10-5-3-8(7)9-4-1/h2*1-5H,6H2. The van der Waals surface area contributed by atoms with Crippen molar-refractivity contribution in [2.24, 2.45) is 0 Å². The van der Waals surface area contributed by atoms with E-state index in [4.69, 9.17) is 4.74 Å². The van der Waals surface area contributed by atoms with Crippen molar-refractivity contribution in [2.75, 3.05) is 0 Å². The average Bonchev–Trinajstić information content (AvgIpc) is 2.56. The van der Waals surface area contributed by atoms with Gasteiger partial charge in [-0.15, -0.1) is 11.8 Å². The molecule has 2 aliphatic heterocycles. The SMILES string of the molecule is C1=Cc2ccncc2CO1.C1=Cc2ncccc2CS1. The summed E-state index contributed by atoms with van der Waals surface area (Å²) in [5.41, 5.74) is 4.84. The van der Waals surface area contributed by atoms with E-state index in [1.807, 2.05) is 42.4 Å². The van der Waals surface area contributed by atoms with E-state index in [0.29, 0.717) is 6.61 Å². The minimum absolute atomic E-state index is 0.652. The molecule has 0 bridgehead atoms. The third-order valence-corrected chi connectivity index (χ3v) is 3.82. The maximum absolute atomic E-state index is 5.08. The smallest absolute Gasteiger partial charge is 0.114 e. The van der Waals surface area contributed by atoms with Crippen LogP contribution in [0.25, 0.3) is 12.2 Å². The number of aromatic nitrogens is 2. The lowest BCUT2D eigenvalue weighted by Crippen LogP contribution is -1.95. The summed E-state index contributed by atoms with van der Waals surface area (Å²) in [5, 5.41) is 2.09. The monoisotopic (exact) mass is 282 g/mol. The number of pyridine rings is 2. The molecule has 0 radical (unpaired) electrons. The molecule has 0 saturated carbocycles. The van der Waals surface area contributed by atoms with Crippen molar-refractivity contribution >= 4 is 23.9 Å². The molecule has 100 valence electrons. The fourth-order valence-electron chi connectivity index (χ4n) is 1.95. The lowest BCUT2D eigenvalue weighted by atomic mass is 10.1. The van der Waals surface area contributed by atoms with E-state index < -0.39 is 0 Å². The van der Waals surface area contributed by atoms with Crippen molar-refractivity contribution in [1.29, 1.82) is 0 Å². The van der Waals surface area contributed by atoms with E-state index in [2.05, 4.69) is 27.5 Å². The van der Waals surface area contributed by atoms with Crippen LogP contribution in [0.15, 0.2) is 48.5 Å². The Bertz CT molecular complexity index is 595. The summed E-state index contributed by atoms with van der Waals surface area (Å²) in [6, 6.07) is 6.09. The van der Waals surface area contributed by atoms with Gasteiger partial charge in [0.05, 0.1) is 12.0 Å². The molecule has 2 aliphatic rings. The number of rotatable bonds is 0. The Balaban J connectivity index is 0.000000121. The molecule has 0 aromatic carbocycles. The normalized spacial score (nSPS) is 14.4. The topological polar surface area (TPSA) is 35.0 Å². The van der Waals surface area contributed by atoms with Crippen LogP contribution in [0.2, 0.25) is 0 Å². The van der Waals surface area contributed by atoms with Crippen LogP contribution < -0.4 is 0 Å². The zero-order valence-electron chi connectivity index (χ0n) is 10.9. The Morgan fingerprint density at radius 1 is 1.10 bits per heavy atom. The van der Waals surface area contributed by atoms with E-state index in [1.54, 1.807) is 12.5 Å². The van der Waals surface area contributed by atoms with Gasteiger partial charge in [-0.25, -0.2) is 0 Å². The summed E-state index contributed by atoms with van der Waals surface area (Å²) in [6.07, 6.45) is 11.2. The molecule has 2 aromatic rings. The van der Waals surface area contributed by atoms with Crippen molar-refractivity contribution in [3.05, 3.63) is 70.8 Å². The van der Waals surface area contributed by atoms with Gasteiger partial charge in [0.2, 0.25) is 0 Å². The molecule has 4 rings (SSSR count). The summed E-state index contributed by atoms with van der Waals surface area (Å²) < 4.78 is 5.08. The summed E-state index contributed by atoms with van der Waals surface area (Å²) in [7, 11) is 0. The van der Waals surface area contributed by atoms with Gasteiger partial charge >= 0.3 is 0 Å². The van der Waals surface area contributed by atoms with Crippen molar-refractivity contribution in [3.8, 4) is 0 Å². The average molecular weight is 282 g/mol. The first-order valence-electron chi connectivity index (χ1n) is 6.36. The van der Waals surface area contributed by atoms with Gasteiger partial charge in [0.25, 0.3) is 0 Å². The Hall–Kier alpha value is -2.07. The third-order valence-electron chi connectivity index (χ3n) is 3.01. The second kappa shape index (κ2) is 6.39. The zero-order chi connectivity index (χ0) is 13.6. The molecular formula is C16H14N2OS. The van der Waals surface area contributed by atoms with Gasteiger partial charge in [-0.3, -0.25) is 9.97 Å². The van der Waals surface area contributed by atoms with Crippen LogP contribution in [0, 0.1) is 0 Å². The Kier molecular flexibility index (Phi) is 4.13. The first-order valence-corrected chi connectivity index (χ1v) is 7.41. The summed E-state index contributed by atoms with van der Waals surface area (Å²) in [4.78, 5) is 8.20. The molecule has 0 N–H and O–H groups in total. The number of hydrogen-bond donors (Lipinski definition) is 0. The molecule has 3 nitrogen and oxygen atoms in total. The van der Waals surface area contributed by atoms with E-state index in [9.17, 15) is 0 Å². The molecule has 0 atom stereocenters. The maximum atomic E-state index is 5.08. The van der Waals surface area contributed by atoms with Crippen molar-refractivity contribution in [2.45, 2.75) is 12.4 Å². The lowest BCUT2D eigenvalue weighted by Gasteiger charge is -2.08. The fraction of sp³-hybridized carbons (Fsp3) is 0.125. The molecular weight excluding hydrogens is 268 g/mol. The maximum Gasteiger partial charge on any atom is 0.114 e. The van der Waals surface area contributed by atoms with Crippen LogP contribution in [0.1, 0.15) is 22.4 Å². The largest absolute Gasteiger partial charge is 0.496 e. The van der Waals surface area contributed by atoms with Gasteiger partial charge in [-0.05, 0) is 40.8 Å². The molecule has 0 saturated heterocycles.